The third-order valence-electron chi connectivity index (χ3n) is 11.7. The number of carbonyl (C=O) groups is 1. The lowest BCUT2D eigenvalue weighted by atomic mass is 9.42. The summed E-state index contributed by atoms with van der Waals surface area (Å²) >= 11 is 0. The van der Waals surface area contributed by atoms with E-state index in [9.17, 15) is 15.0 Å². The highest BCUT2D eigenvalue weighted by Gasteiger charge is 2.86. The number of hydrogen-bond donors (Lipinski definition) is 2. The van der Waals surface area contributed by atoms with Gasteiger partial charge in [0.25, 0.3) is 0 Å². The molecule has 2 aliphatic heterocycles. The van der Waals surface area contributed by atoms with Gasteiger partial charge in [-0.05, 0) is 61.3 Å². The number of aliphatic carboxylic acids is 1. The Morgan fingerprint density at radius 2 is 1.98 bits per heavy atom. The molecule has 2 heterocycles. The fourth-order valence-electron chi connectivity index (χ4n) is 10.4. The van der Waals surface area contributed by atoms with Gasteiger partial charge < -0.3 is 33.9 Å². The maximum absolute atomic E-state index is 14.0. The summed E-state index contributed by atoms with van der Waals surface area (Å²) in [6.07, 6.45) is 1.55. The average molecular weight is 562 g/mol. The summed E-state index contributed by atoms with van der Waals surface area (Å²) in [5.74, 6) is 0.0896. The second-order valence-electron chi connectivity index (χ2n) is 13.3. The second kappa shape index (κ2) is 9.93. The fourth-order valence-corrected chi connectivity index (χ4v) is 10.4. The van der Waals surface area contributed by atoms with Gasteiger partial charge in [0.2, 0.25) is 0 Å². The molecule has 3 saturated carbocycles. The second-order valence-corrected chi connectivity index (χ2v) is 13.3. The summed E-state index contributed by atoms with van der Waals surface area (Å²) in [6.45, 7) is 9.24. The molecule has 222 valence electrons. The van der Waals surface area contributed by atoms with Gasteiger partial charge in [-0.3, -0.25) is 4.79 Å². The first-order valence-electron chi connectivity index (χ1n) is 14.8. The molecule has 7 unspecified atom stereocenters. The number of azide groups is 1. The predicted molar refractivity (Wildman–Crippen MR) is 142 cm³/mol. The molecule has 11 heteroatoms. The number of nitrogens with zero attached hydrogens (tertiary/aromatic N) is 3. The molecule has 0 spiro atoms. The summed E-state index contributed by atoms with van der Waals surface area (Å²) < 4.78 is 30.6. The van der Waals surface area contributed by atoms with Crippen LogP contribution in [0.2, 0.25) is 0 Å². The van der Waals surface area contributed by atoms with Crippen molar-refractivity contribution in [2.45, 2.75) is 90.3 Å². The van der Waals surface area contributed by atoms with Crippen LogP contribution in [0.1, 0.15) is 53.4 Å². The molecular weight excluding hydrogens is 518 g/mol. The van der Waals surface area contributed by atoms with Gasteiger partial charge in [-0.1, -0.05) is 44.0 Å². The molecular formula is C29H43N3O8. The molecule has 4 aliphatic carbocycles. The molecule has 2 saturated heterocycles. The molecule has 2 N–H and O–H groups in total. The minimum absolute atomic E-state index is 0.0188. The van der Waals surface area contributed by atoms with Gasteiger partial charge in [0.05, 0.1) is 38.1 Å². The van der Waals surface area contributed by atoms with Gasteiger partial charge in [-0.15, -0.1) is 0 Å². The van der Waals surface area contributed by atoms with Crippen molar-refractivity contribution in [3.63, 3.8) is 0 Å². The van der Waals surface area contributed by atoms with Crippen molar-refractivity contribution in [1.82, 2.24) is 0 Å². The monoisotopic (exact) mass is 561 g/mol. The zero-order chi connectivity index (χ0) is 28.6. The average Bonchev–Trinajstić information content (AvgIpc) is 3.67. The van der Waals surface area contributed by atoms with Crippen LogP contribution < -0.4 is 0 Å². The van der Waals surface area contributed by atoms with E-state index < -0.39 is 59.1 Å². The van der Waals surface area contributed by atoms with Crippen molar-refractivity contribution < 1.29 is 38.7 Å². The molecule has 40 heavy (non-hydrogen) atoms. The van der Waals surface area contributed by atoms with Crippen LogP contribution in [0.25, 0.3) is 10.4 Å². The van der Waals surface area contributed by atoms with Crippen LogP contribution in [0, 0.1) is 45.8 Å². The number of methoxy groups -OCH3 is 1. The Balaban J connectivity index is 1.44. The number of rotatable bonds is 8. The topological polar surface area (TPSA) is 152 Å². The molecule has 11 nitrogen and oxygen atoms in total. The molecule has 5 fully saturated rings. The van der Waals surface area contributed by atoms with E-state index in [1.807, 2.05) is 0 Å². The number of ether oxygens (including phenoxy) is 5. The van der Waals surface area contributed by atoms with Gasteiger partial charge in [0.15, 0.2) is 12.6 Å². The summed E-state index contributed by atoms with van der Waals surface area (Å²) in [6, 6.07) is -0.899. The highest BCUT2D eigenvalue weighted by Crippen LogP contribution is 2.84. The lowest BCUT2D eigenvalue weighted by molar-refractivity contribution is -0.291. The maximum atomic E-state index is 14.0. The van der Waals surface area contributed by atoms with E-state index in [1.165, 1.54) is 7.11 Å². The fraction of sp³-hybridized carbons (Fsp3) is 0.897. The highest BCUT2D eigenvalue weighted by molar-refractivity contribution is 5.85. The molecule has 6 rings (SSSR count). The van der Waals surface area contributed by atoms with Crippen LogP contribution in [0.4, 0.5) is 0 Å². The largest absolute Gasteiger partial charge is 0.481 e. The van der Waals surface area contributed by atoms with E-state index in [2.05, 4.69) is 36.9 Å². The number of hydrogen-bond acceptors (Lipinski definition) is 8. The van der Waals surface area contributed by atoms with E-state index in [-0.39, 0.29) is 24.4 Å². The van der Waals surface area contributed by atoms with Gasteiger partial charge in [0, 0.05) is 22.9 Å². The predicted octanol–water partition coefficient (Wildman–Crippen LogP) is 3.90. The van der Waals surface area contributed by atoms with Crippen molar-refractivity contribution in [2.75, 3.05) is 26.9 Å². The number of aliphatic hydroxyl groups excluding tert-OH is 1. The number of aliphatic hydroxyl groups is 1. The SMILES string of the molecule is CO[C@H]1[C@H](N=[N+]=[N-])[C@@H](O)[C@H](OCC23CC4C(C)CCC4C4(C5OCCO5)CC2C=C(C(C)C)C34C(=O)O)O[C@@H]1C. The normalized spacial score (nSPS) is 49.7. The smallest absolute Gasteiger partial charge is 0.315 e. The van der Waals surface area contributed by atoms with E-state index in [0.717, 1.165) is 24.8 Å². The molecule has 0 aromatic heterocycles. The standard InChI is InChI=1S/C29H43N3O8/c1-14(2)20-10-17-11-28(26-37-8-9-38-26)19-7-6-15(3)18(19)12-27(17,29(20,28)25(34)35)13-39-24-22(33)21(31-32-30)23(36-5)16(4)40-24/h10,14-19,21-24,26,33H,6-9,11-13H2,1-5H3,(H,34,35)/t15?,16-,17?,18?,19?,21-,22-,23-,24-,27?,28?,29?/m1/s1. The van der Waals surface area contributed by atoms with Crippen LogP contribution in [-0.2, 0) is 28.5 Å². The summed E-state index contributed by atoms with van der Waals surface area (Å²) in [5, 5.41) is 26.4. The Hall–Kier alpha value is -1.72. The van der Waals surface area contributed by atoms with Crippen LogP contribution in [0.5, 0.6) is 0 Å². The van der Waals surface area contributed by atoms with Crippen molar-refractivity contribution in [1.29, 1.82) is 0 Å². The van der Waals surface area contributed by atoms with E-state index in [0.29, 0.717) is 31.5 Å². The minimum atomic E-state index is -1.26. The van der Waals surface area contributed by atoms with E-state index in [1.54, 1.807) is 6.92 Å². The molecule has 0 aromatic carbocycles. The number of fused-ring (bicyclic) bond motifs is 2. The maximum Gasteiger partial charge on any atom is 0.315 e. The molecule has 0 radical (unpaired) electrons. The van der Waals surface area contributed by atoms with Gasteiger partial charge in [-0.2, -0.15) is 0 Å². The lowest BCUT2D eigenvalue weighted by Crippen LogP contribution is -2.67. The molecule has 0 amide bonds. The number of carboxylic acids is 1. The highest BCUT2D eigenvalue weighted by atomic mass is 16.7. The zero-order valence-corrected chi connectivity index (χ0v) is 24.1. The Morgan fingerprint density at radius 1 is 1.25 bits per heavy atom. The van der Waals surface area contributed by atoms with Crippen LogP contribution in [0.3, 0.4) is 0 Å². The Bertz CT molecular complexity index is 1100. The summed E-state index contributed by atoms with van der Waals surface area (Å²) in [7, 11) is 1.48. The van der Waals surface area contributed by atoms with Crippen molar-refractivity contribution >= 4 is 5.97 Å². The van der Waals surface area contributed by atoms with Crippen molar-refractivity contribution in [2.24, 2.45) is 50.9 Å². The van der Waals surface area contributed by atoms with Crippen LogP contribution >= 0.6 is 0 Å². The zero-order valence-electron chi connectivity index (χ0n) is 24.1. The summed E-state index contributed by atoms with van der Waals surface area (Å²) in [4.78, 5) is 16.9. The lowest BCUT2D eigenvalue weighted by Gasteiger charge is -2.61. The Kier molecular flexibility index (Phi) is 7.05. The van der Waals surface area contributed by atoms with E-state index in [4.69, 9.17) is 29.2 Å². The summed E-state index contributed by atoms with van der Waals surface area (Å²) in [5.41, 5.74) is 7.40. The molecule has 6 aliphatic rings. The minimum Gasteiger partial charge on any atom is -0.481 e. The quantitative estimate of drug-likeness (QED) is 0.196. The molecule has 4 bridgehead atoms. The third-order valence-corrected chi connectivity index (χ3v) is 11.7. The first-order chi connectivity index (χ1) is 19.1. The Labute approximate surface area is 235 Å². The van der Waals surface area contributed by atoms with Crippen molar-refractivity contribution in [3.8, 4) is 0 Å². The van der Waals surface area contributed by atoms with Crippen molar-refractivity contribution in [3.05, 3.63) is 22.1 Å². The number of carboxylic acid groups (broad SMARTS) is 1. The molecule has 0 aromatic rings. The van der Waals surface area contributed by atoms with Gasteiger partial charge >= 0.3 is 5.97 Å². The van der Waals surface area contributed by atoms with Crippen LogP contribution in [0.15, 0.2) is 16.8 Å². The van der Waals surface area contributed by atoms with Gasteiger partial charge in [-0.25, -0.2) is 0 Å². The number of allylic oxidation sites excluding steroid dienone is 1. The molecule has 12 atom stereocenters. The van der Waals surface area contributed by atoms with E-state index >= 15 is 0 Å². The van der Waals surface area contributed by atoms with Gasteiger partial charge in [0.1, 0.15) is 11.5 Å². The first kappa shape index (κ1) is 28.4. The third kappa shape index (κ3) is 3.40. The van der Waals surface area contributed by atoms with Crippen LogP contribution in [-0.4, -0.2) is 80.0 Å². The Morgan fingerprint density at radius 3 is 2.60 bits per heavy atom. The first-order valence-corrected chi connectivity index (χ1v) is 14.8.